The average molecular weight is 275 g/mol. The second-order valence-corrected chi connectivity index (χ2v) is 4.75. The monoisotopic (exact) mass is 275 g/mol. The number of nitrogens with one attached hydrogen (secondary N) is 1. The summed E-state index contributed by atoms with van der Waals surface area (Å²) >= 11 is 0. The summed E-state index contributed by atoms with van der Waals surface area (Å²) in [6, 6.07) is 8.90. The minimum atomic E-state index is -4.15. The molecule has 2 atom stereocenters. The van der Waals surface area contributed by atoms with Crippen molar-refractivity contribution in [2.45, 2.75) is 37.9 Å². The molecule has 0 fully saturated rings. The number of rotatable bonds is 7. The van der Waals surface area contributed by atoms with Crippen molar-refractivity contribution in [3.63, 3.8) is 0 Å². The summed E-state index contributed by atoms with van der Waals surface area (Å²) in [5, 5.41) is 11.9. The van der Waals surface area contributed by atoms with Gasteiger partial charge in [-0.3, -0.25) is 0 Å². The Balaban J connectivity index is 2.51. The molecule has 2 unspecified atom stereocenters. The molecule has 2 nitrogen and oxygen atoms in total. The summed E-state index contributed by atoms with van der Waals surface area (Å²) in [5.74, 6) is 0.0295. The highest BCUT2D eigenvalue weighted by molar-refractivity contribution is 5.19. The first-order valence-electron chi connectivity index (χ1n) is 6.38. The highest BCUT2D eigenvalue weighted by Crippen LogP contribution is 2.22. The van der Waals surface area contributed by atoms with Gasteiger partial charge >= 0.3 is 6.18 Å². The fraction of sp³-hybridized carbons (Fsp3) is 0.571. The quantitative estimate of drug-likeness (QED) is 0.801. The van der Waals surface area contributed by atoms with E-state index in [-0.39, 0.29) is 12.5 Å². The van der Waals surface area contributed by atoms with Crippen LogP contribution in [0.1, 0.15) is 31.2 Å². The zero-order valence-electron chi connectivity index (χ0n) is 11.0. The molecule has 2 N–H and O–H groups in total. The Kier molecular flexibility index (Phi) is 6.31. The van der Waals surface area contributed by atoms with Gasteiger partial charge in [-0.2, -0.15) is 13.2 Å². The number of hydrogen-bond donors (Lipinski definition) is 2. The Morgan fingerprint density at radius 3 is 2.37 bits per heavy atom. The van der Waals surface area contributed by atoms with Crippen LogP contribution in [-0.4, -0.2) is 30.5 Å². The molecular weight excluding hydrogens is 255 g/mol. The average Bonchev–Trinajstić information content (AvgIpc) is 2.33. The predicted molar refractivity (Wildman–Crippen MR) is 69.0 cm³/mol. The van der Waals surface area contributed by atoms with E-state index in [9.17, 15) is 13.2 Å². The van der Waals surface area contributed by atoms with Crippen molar-refractivity contribution in [2.24, 2.45) is 0 Å². The van der Waals surface area contributed by atoms with Gasteiger partial charge in [0, 0.05) is 19.2 Å². The fourth-order valence-corrected chi connectivity index (χ4v) is 2.03. The SMILES string of the molecule is CC(CC(F)(F)F)NCC(CCO)c1ccccc1. The fourth-order valence-electron chi connectivity index (χ4n) is 2.03. The lowest BCUT2D eigenvalue weighted by molar-refractivity contribution is -0.139. The van der Waals surface area contributed by atoms with Crippen molar-refractivity contribution in [2.75, 3.05) is 13.2 Å². The topological polar surface area (TPSA) is 32.3 Å². The lowest BCUT2D eigenvalue weighted by atomic mass is 9.95. The van der Waals surface area contributed by atoms with Crippen molar-refractivity contribution in [3.8, 4) is 0 Å². The molecule has 1 rings (SSSR count). The predicted octanol–water partition coefficient (Wildman–Crippen LogP) is 3.08. The lowest BCUT2D eigenvalue weighted by Gasteiger charge is -2.21. The third-order valence-corrected chi connectivity index (χ3v) is 3.00. The Hall–Kier alpha value is -1.07. The summed E-state index contributed by atoms with van der Waals surface area (Å²) in [5.41, 5.74) is 1.03. The minimum absolute atomic E-state index is 0.0227. The molecule has 0 radical (unpaired) electrons. The summed E-state index contributed by atoms with van der Waals surface area (Å²) in [4.78, 5) is 0. The molecular formula is C14H20F3NO. The van der Waals surface area contributed by atoms with Gasteiger partial charge < -0.3 is 10.4 Å². The summed E-state index contributed by atoms with van der Waals surface area (Å²) in [6.07, 6.45) is -4.45. The second kappa shape index (κ2) is 7.50. The van der Waals surface area contributed by atoms with Crippen LogP contribution in [0.15, 0.2) is 30.3 Å². The summed E-state index contributed by atoms with van der Waals surface area (Å²) in [6.45, 7) is 1.98. The van der Waals surface area contributed by atoms with E-state index in [2.05, 4.69) is 5.32 Å². The van der Waals surface area contributed by atoms with E-state index in [0.717, 1.165) is 5.56 Å². The Morgan fingerprint density at radius 1 is 1.21 bits per heavy atom. The second-order valence-electron chi connectivity index (χ2n) is 4.75. The van der Waals surface area contributed by atoms with Crippen molar-refractivity contribution in [1.82, 2.24) is 5.32 Å². The molecule has 0 aliphatic carbocycles. The molecule has 0 saturated carbocycles. The van der Waals surface area contributed by atoms with Crippen molar-refractivity contribution < 1.29 is 18.3 Å². The zero-order valence-corrected chi connectivity index (χ0v) is 11.0. The van der Waals surface area contributed by atoms with E-state index >= 15 is 0 Å². The number of hydrogen-bond acceptors (Lipinski definition) is 2. The number of halogens is 3. The smallest absolute Gasteiger partial charge is 0.390 e. The Morgan fingerprint density at radius 2 is 1.84 bits per heavy atom. The van der Waals surface area contributed by atoms with Crippen LogP contribution in [-0.2, 0) is 0 Å². The first kappa shape index (κ1) is 16.0. The van der Waals surface area contributed by atoms with E-state index in [0.29, 0.717) is 13.0 Å². The maximum absolute atomic E-state index is 12.2. The van der Waals surface area contributed by atoms with Crippen molar-refractivity contribution >= 4 is 0 Å². The molecule has 0 amide bonds. The normalized spacial score (nSPS) is 15.2. The van der Waals surface area contributed by atoms with Gasteiger partial charge in [0.25, 0.3) is 0 Å². The molecule has 1 aromatic carbocycles. The molecule has 19 heavy (non-hydrogen) atoms. The lowest BCUT2D eigenvalue weighted by Crippen LogP contribution is -2.34. The molecule has 0 aliphatic heterocycles. The minimum Gasteiger partial charge on any atom is -0.396 e. The largest absolute Gasteiger partial charge is 0.396 e. The van der Waals surface area contributed by atoms with Gasteiger partial charge in [-0.1, -0.05) is 30.3 Å². The van der Waals surface area contributed by atoms with Crippen LogP contribution in [0.3, 0.4) is 0 Å². The van der Waals surface area contributed by atoms with Crippen LogP contribution in [0.2, 0.25) is 0 Å². The van der Waals surface area contributed by atoms with E-state index in [1.54, 1.807) is 0 Å². The third-order valence-electron chi connectivity index (χ3n) is 3.00. The molecule has 108 valence electrons. The Labute approximate surface area is 111 Å². The van der Waals surface area contributed by atoms with Crippen LogP contribution in [0, 0.1) is 0 Å². The molecule has 0 saturated heterocycles. The molecule has 0 heterocycles. The van der Waals surface area contributed by atoms with Gasteiger partial charge in [0.1, 0.15) is 0 Å². The van der Waals surface area contributed by atoms with Crippen LogP contribution in [0.4, 0.5) is 13.2 Å². The van der Waals surface area contributed by atoms with Crippen LogP contribution in [0.25, 0.3) is 0 Å². The molecule has 0 bridgehead atoms. The summed E-state index contributed by atoms with van der Waals surface area (Å²) in [7, 11) is 0. The first-order chi connectivity index (χ1) is 8.92. The van der Waals surface area contributed by atoms with Crippen LogP contribution >= 0.6 is 0 Å². The van der Waals surface area contributed by atoms with Gasteiger partial charge in [0.15, 0.2) is 0 Å². The molecule has 0 spiro atoms. The van der Waals surface area contributed by atoms with Crippen LogP contribution < -0.4 is 5.32 Å². The molecule has 0 aliphatic rings. The maximum Gasteiger partial charge on any atom is 0.390 e. The van der Waals surface area contributed by atoms with E-state index in [1.165, 1.54) is 6.92 Å². The van der Waals surface area contributed by atoms with E-state index in [1.807, 2.05) is 30.3 Å². The Bertz CT molecular complexity index is 353. The van der Waals surface area contributed by atoms with Crippen molar-refractivity contribution in [1.29, 1.82) is 0 Å². The number of alkyl halides is 3. The number of aliphatic hydroxyl groups is 1. The van der Waals surface area contributed by atoms with E-state index in [4.69, 9.17) is 5.11 Å². The van der Waals surface area contributed by atoms with Gasteiger partial charge in [-0.25, -0.2) is 0 Å². The highest BCUT2D eigenvalue weighted by Gasteiger charge is 2.30. The maximum atomic E-state index is 12.2. The van der Waals surface area contributed by atoms with Crippen molar-refractivity contribution in [3.05, 3.63) is 35.9 Å². The summed E-state index contributed by atoms with van der Waals surface area (Å²) < 4.78 is 36.7. The van der Waals surface area contributed by atoms with Gasteiger partial charge in [0.05, 0.1) is 6.42 Å². The third kappa shape index (κ3) is 6.59. The van der Waals surface area contributed by atoms with Crippen LogP contribution in [0.5, 0.6) is 0 Å². The van der Waals surface area contributed by atoms with Gasteiger partial charge in [0.2, 0.25) is 0 Å². The number of aliphatic hydroxyl groups excluding tert-OH is 1. The van der Waals surface area contributed by atoms with E-state index < -0.39 is 18.6 Å². The standard InChI is InChI=1S/C14H20F3NO/c1-11(9-14(15,16)17)18-10-13(7-8-19)12-5-3-2-4-6-12/h2-6,11,13,18-19H,7-10H2,1H3. The zero-order chi connectivity index (χ0) is 14.3. The number of benzene rings is 1. The highest BCUT2D eigenvalue weighted by atomic mass is 19.4. The van der Waals surface area contributed by atoms with Gasteiger partial charge in [-0.15, -0.1) is 0 Å². The molecule has 0 aromatic heterocycles. The first-order valence-corrected chi connectivity index (χ1v) is 6.38. The van der Waals surface area contributed by atoms with Gasteiger partial charge in [-0.05, 0) is 24.8 Å². The molecule has 5 heteroatoms. The molecule has 1 aromatic rings.